The molecule has 182 valence electrons. The lowest BCUT2D eigenvalue weighted by atomic mass is 9.72. The topological polar surface area (TPSA) is 62.2 Å². The lowest BCUT2D eigenvalue weighted by Gasteiger charge is -2.42. The molecule has 1 amide bonds. The molecule has 0 spiro atoms. The first-order chi connectivity index (χ1) is 16.8. The molecule has 3 aromatic rings. The maximum atomic E-state index is 13.5. The van der Waals surface area contributed by atoms with Crippen LogP contribution < -0.4 is 5.32 Å². The number of nitrogens with one attached hydrogen (secondary N) is 1. The van der Waals surface area contributed by atoms with Crippen molar-refractivity contribution in [3.8, 4) is 0 Å². The summed E-state index contributed by atoms with van der Waals surface area (Å²) < 4.78 is 40.2. The average molecular weight is 519 g/mol. The van der Waals surface area contributed by atoms with Crippen LogP contribution in [0.5, 0.6) is 0 Å². The summed E-state index contributed by atoms with van der Waals surface area (Å²) in [4.78, 5) is 17.8. The van der Waals surface area contributed by atoms with Gasteiger partial charge in [0.05, 0.1) is 10.7 Å². The summed E-state index contributed by atoms with van der Waals surface area (Å²) in [5.41, 5.74) is -0.135. The summed E-state index contributed by atoms with van der Waals surface area (Å²) in [6, 6.07) is 11.8. The molecule has 2 fully saturated rings. The van der Waals surface area contributed by atoms with Gasteiger partial charge in [0.25, 0.3) is 5.91 Å². The van der Waals surface area contributed by atoms with E-state index in [2.05, 4.69) is 10.3 Å². The molecule has 9 heteroatoms. The average Bonchev–Trinajstić information content (AvgIpc) is 3.01. The molecule has 35 heavy (non-hydrogen) atoms. The van der Waals surface area contributed by atoms with Gasteiger partial charge in [-0.2, -0.15) is 0 Å². The van der Waals surface area contributed by atoms with Gasteiger partial charge in [-0.25, -0.2) is 13.2 Å². The molecule has 1 aromatic heterocycles. The van der Waals surface area contributed by atoms with E-state index >= 15 is 0 Å². The number of aromatic nitrogens is 1. The number of amides is 1. The summed E-state index contributed by atoms with van der Waals surface area (Å²) >= 11 is 7.99. The lowest BCUT2D eigenvalue weighted by Crippen LogP contribution is -2.43. The van der Waals surface area contributed by atoms with Crippen molar-refractivity contribution in [2.75, 3.05) is 5.32 Å². The Bertz CT molecular complexity index is 1240. The summed E-state index contributed by atoms with van der Waals surface area (Å²) in [6.45, 7) is 0. The molecule has 2 aliphatic carbocycles. The number of aliphatic hydroxyl groups is 1. The normalized spacial score (nSPS) is 25.5. The Balaban J connectivity index is 1.31. The number of fused-ring (bicyclic) bond motifs is 2. The first kappa shape index (κ1) is 24.2. The van der Waals surface area contributed by atoms with Gasteiger partial charge in [-0.15, -0.1) is 11.8 Å². The Morgan fingerprint density at radius 2 is 1.74 bits per heavy atom. The van der Waals surface area contributed by atoms with E-state index in [1.165, 1.54) is 6.07 Å². The molecule has 0 aliphatic heterocycles. The molecule has 2 aliphatic rings. The van der Waals surface area contributed by atoms with Crippen molar-refractivity contribution < 1.29 is 23.1 Å². The van der Waals surface area contributed by atoms with E-state index < -0.39 is 29.0 Å². The van der Waals surface area contributed by atoms with Crippen LogP contribution in [0.1, 0.15) is 41.7 Å². The van der Waals surface area contributed by atoms with Gasteiger partial charge in [0.1, 0.15) is 5.60 Å². The molecule has 1 unspecified atom stereocenters. The van der Waals surface area contributed by atoms with Crippen LogP contribution in [0.15, 0.2) is 59.6 Å². The van der Waals surface area contributed by atoms with Crippen molar-refractivity contribution in [2.24, 2.45) is 11.8 Å². The van der Waals surface area contributed by atoms with Crippen molar-refractivity contribution in [2.45, 2.75) is 41.4 Å². The zero-order valence-corrected chi connectivity index (χ0v) is 20.1. The highest BCUT2D eigenvalue weighted by Gasteiger charge is 2.55. The Morgan fingerprint density at radius 3 is 2.37 bits per heavy atom. The van der Waals surface area contributed by atoms with Crippen LogP contribution in [-0.4, -0.2) is 21.2 Å². The standard InChI is InChI=1S/C26H22ClF3N2O2S/c27-19-7-4-14(25(33)32-17-12-20(28)24(30)21(29)13-17)9-22(19)35-18-10-15-5-6-16(11-18)26(15,34)23-3-1-2-8-31-23/h1-4,7-9,12-13,15-16,18,34H,5-6,10-11H2,(H,32,33)/t15-,16?,18-,26-/m0/s1. The number of nitrogens with zero attached hydrogens (tertiary/aromatic N) is 1. The summed E-state index contributed by atoms with van der Waals surface area (Å²) in [5.74, 6) is -4.79. The Morgan fingerprint density at radius 1 is 1.06 bits per heavy atom. The summed E-state index contributed by atoms with van der Waals surface area (Å²) in [5, 5.41) is 14.6. The van der Waals surface area contributed by atoms with E-state index in [-0.39, 0.29) is 28.3 Å². The lowest BCUT2D eigenvalue weighted by molar-refractivity contribution is -0.0676. The summed E-state index contributed by atoms with van der Waals surface area (Å²) in [6.07, 6.45) is 5.13. The number of hydrogen-bond acceptors (Lipinski definition) is 4. The molecule has 2 saturated carbocycles. The number of pyridine rings is 1. The second kappa shape index (κ2) is 9.48. The number of anilines is 1. The maximum absolute atomic E-state index is 13.5. The monoisotopic (exact) mass is 518 g/mol. The van der Waals surface area contributed by atoms with Crippen LogP contribution in [-0.2, 0) is 5.60 Å². The SMILES string of the molecule is O=C(Nc1cc(F)c(F)c(F)c1)c1ccc(Cl)c(S[C@@H]2CC3CC[C@@H](C2)[C@@]3(O)c2ccccn2)c1. The quantitative estimate of drug-likeness (QED) is 0.375. The van der Waals surface area contributed by atoms with Gasteiger partial charge in [0, 0.05) is 39.7 Å². The smallest absolute Gasteiger partial charge is 0.255 e. The fourth-order valence-electron chi connectivity index (χ4n) is 5.36. The fourth-order valence-corrected chi connectivity index (χ4v) is 7.00. The number of carbonyl (C=O) groups excluding carboxylic acids is 1. The van der Waals surface area contributed by atoms with Gasteiger partial charge >= 0.3 is 0 Å². The Kier molecular flexibility index (Phi) is 6.55. The highest BCUT2D eigenvalue weighted by atomic mass is 35.5. The van der Waals surface area contributed by atoms with Crippen molar-refractivity contribution in [1.82, 2.24) is 4.98 Å². The first-order valence-corrected chi connectivity index (χ1v) is 12.6. The second-order valence-electron chi connectivity index (χ2n) is 9.08. The number of halogens is 4. The molecular weight excluding hydrogens is 497 g/mol. The number of hydrogen-bond donors (Lipinski definition) is 2. The predicted octanol–water partition coefficient (Wildman–Crippen LogP) is 6.57. The number of benzene rings is 2. The third-order valence-electron chi connectivity index (χ3n) is 7.01. The summed E-state index contributed by atoms with van der Waals surface area (Å²) in [7, 11) is 0. The van der Waals surface area contributed by atoms with E-state index in [1.54, 1.807) is 30.1 Å². The number of rotatable bonds is 5. The van der Waals surface area contributed by atoms with Gasteiger partial charge in [0.15, 0.2) is 17.5 Å². The second-order valence-corrected chi connectivity index (χ2v) is 10.8. The van der Waals surface area contributed by atoms with Crippen LogP contribution in [0, 0.1) is 29.3 Å². The highest BCUT2D eigenvalue weighted by Crippen LogP contribution is 2.57. The van der Waals surface area contributed by atoms with E-state index in [0.29, 0.717) is 9.92 Å². The first-order valence-electron chi connectivity index (χ1n) is 11.3. The molecule has 0 saturated heterocycles. The van der Waals surface area contributed by atoms with E-state index in [1.807, 2.05) is 18.2 Å². The van der Waals surface area contributed by atoms with Crippen molar-refractivity contribution in [3.63, 3.8) is 0 Å². The van der Waals surface area contributed by atoms with Gasteiger partial charge in [-0.3, -0.25) is 9.78 Å². The molecule has 0 radical (unpaired) electrons. The van der Waals surface area contributed by atoms with Gasteiger partial charge in [-0.1, -0.05) is 17.7 Å². The van der Waals surface area contributed by atoms with E-state index in [9.17, 15) is 23.1 Å². The van der Waals surface area contributed by atoms with Crippen LogP contribution >= 0.6 is 23.4 Å². The molecule has 4 atom stereocenters. The van der Waals surface area contributed by atoms with Crippen molar-refractivity contribution >= 4 is 35.0 Å². The van der Waals surface area contributed by atoms with Crippen molar-refractivity contribution in [3.05, 3.63) is 88.5 Å². The minimum Gasteiger partial charge on any atom is -0.383 e. The molecule has 2 bridgehead atoms. The van der Waals surface area contributed by atoms with Crippen LogP contribution in [0.4, 0.5) is 18.9 Å². The minimum atomic E-state index is -1.59. The number of thioether (sulfide) groups is 1. The molecule has 1 heterocycles. The zero-order chi connectivity index (χ0) is 24.7. The Hall–Kier alpha value is -2.55. The molecular formula is C26H22ClF3N2O2S. The minimum absolute atomic E-state index is 0.0853. The highest BCUT2D eigenvalue weighted by molar-refractivity contribution is 8.00. The zero-order valence-electron chi connectivity index (χ0n) is 18.5. The number of carbonyl (C=O) groups is 1. The predicted molar refractivity (Wildman–Crippen MR) is 129 cm³/mol. The van der Waals surface area contributed by atoms with Crippen LogP contribution in [0.3, 0.4) is 0 Å². The van der Waals surface area contributed by atoms with Crippen molar-refractivity contribution in [1.29, 1.82) is 0 Å². The molecule has 5 rings (SSSR count). The molecule has 2 N–H and O–H groups in total. The Labute approximate surface area is 209 Å². The van der Waals surface area contributed by atoms with Gasteiger partial charge in [-0.05, 0) is 67.9 Å². The third kappa shape index (κ3) is 4.55. The van der Waals surface area contributed by atoms with E-state index in [4.69, 9.17) is 11.6 Å². The van der Waals surface area contributed by atoms with Gasteiger partial charge < -0.3 is 10.4 Å². The maximum Gasteiger partial charge on any atom is 0.255 e. The molecule has 2 aromatic carbocycles. The largest absolute Gasteiger partial charge is 0.383 e. The van der Waals surface area contributed by atoms with Crippen LogP contribution in [0.2, 0.25) is 5.02 Å². The van der Waals surface area contributed by atoms with Gasteiger partial charge in [0.2, 0.25) is 0 Å². The molecule has 4 nitrogen and oxygen atoms in total. The fraction of sp³-hybridized carbons (Fsp3) is 0.308. The van der Waals surface area contributed by atoms with E-state index in [0.717, 1.165) is 43.5 Å². The van der Waals surface area contributed by atoms with Crippen LogP contribution in [0.25, 0.3) is 0 Å². The third-order valence-corrected chi connectivity index (χ3v) is 8.76.